The van der Waals surface area contributed by atoms with Crippen LogP contribution in [-0.4, -0.2) is 21.1 Å². The van der Waals surface area contributed by atoms with Crippen LogP contribution < -0.4 is 5.32 Å². The van der Waals surface area contributed by atoms with Gasteiger partial charge in [-0.15, -0.1) is 10.2 Å². The zero-order valence-corrected chi connectivity index (χ0v) is 14.2. The van der Waals surface area contributed by atoms with Crippen LogP contribution in [-0.2, 0) is 0 Å². The lowest BCUT2D eigenvalue weighted by molar-refractivity contribution is 0.102. The molecule has 0 aliphatic heterocycles. The molecular weight excluding hydrogens is 332 g/mol. The van der Waals surface area contributed by atoms with Crippen molar-refractivity contribution in [2.24, 2.45) is 0 Å². The Morgan fingerprint density at radius 2 is 1.88 bits per heavy atom. The third-order valence-electron chi connectivity index (χ3n) is 3.89. The summed E-state index contributed by atoms with van der Waals surface area (Å²) in [6.07, 6.45) is 0. The van der Waals surface area contributed by atoms with E-state index in [9.17, 15) is 4.79 Å². The molecule has 0 bridgehead atoms. The van der Waals surface area contributed by atoms with Gasteiger partial charge in [-0.05, 0) is 19.1 Å². The van der Waals surface area contributed by atoms with Gasteiger partial charge in [-0.1, -0.05) is 59.4 Å². The predicted octanol–water partition coefficient (Wildman–Crippen LogP) is 4.31. The molecule has 4 rings (SSSR count). The SMILES string of the molecule is Cc1ccc(-c2cc(C(=O)Nc3nncs3)c3ccccc3n2)cc1. The largest absolute Gasteiger partial charge is 0.296 e. The quantitative estimate of drug-likeness (QED) is 0.600. The maximum Gasteiger partial charge on any atom is 0.258 e. The summed E-state index contributed by atoms with van der Waals surface area (Å²) in [5.41, 5.74) is 5.85. The topological polar surface area (TPSA) is 67.8 Å². The number of carbonyl (C=O) groups excluding carboxylic acids is 1. The van der Waals surface area contributed by atoms with E-state index in [1.54, 1.807) is 5.51 Å². The summed E-state index contributed by atoms with van der Waals surface area (Å²) in [5, 5.41) is 11.7. The highest BCUT2D eigenvalue weighted by molar-refractivity contribution is 7.13. The molecule has 0 atom stereocenters. The van der Waals surface area contributed by atoms with Gasteiger partial charge < -0.3 is 0 Å². The van der Waals surface area contributed by atoms with Crippen LogP contribution in [0.15, 0.2) is 60.1 Å². The maximum atomic E-state index is 12.8. The Kier molecular flexibility index (Phi) is 3.95. The molecule has 2 heterocycles. The number of nitrogens with one attached hydrogen (secondary N) is 1. The molecule has 25 heavy (non-hydrogen) atoms. The number of benzene rings is 2. The van der Waals surface area contributed by atoms with Crippen LogP contribution in [0, 0.1) is 6.92 Å². The van der Waals surface area contributed by atoms with Gasteiger partial charge in [0.15, 0.2) is 0 Å². The number of hydrogen-bond acceptors (Lipinski definition) is 5. The molecule has 0 saturated carbocycles. The molecule has 2 aromatic carbocycles. The molecule has 0 unspecified atom stereocenters. The number of anilines is 1. The minimum atomic E-state index is -0.219. The van der Waals surface area contributed by atoms with E-state index in [2.05, 4.69) is 15.5 Å². The van der Waals surface area contributed by atoms with E-state index in [4.69, 9.17) is 4.98 Å². The summed E-state index contributed by atoms with van der Waals surface area (Å²) in [6.45, 7) is 2.04. The number of aryl methyl sites for hydroxylation is 1. The minimum absolute atomic E-state index is 0.219. The lowest BCUT2D eigenvalue weighted by Crippen LogP contribution is -2.13. The summed E-state index contributed by atoms with van der Waals surface area (Å²) in [6, 6.07) is 17.5. The van der Waals surface area contributed by atoms with E-state index in [-0.39, 0.29) is 5.91 Å². The number of hydrogen-bond donors (Lipinski definition) is 1. The van der Waals surface area contributed by atoms with E-state index in [0.717, 1.165) is 22.2 Å². The number of rotatable bonds is 3. The molecule has 4 aromatic rings. The normalized spacial score (nSPS) is 10.8. The van der Waals surface area contributed by atoms with Crippen LogP contribution in [0.3, 0.4) is 0 Å². The molecule has 5 nitrogen and oxygen atoms in total. The Morgan fingerprint density at radius 1 is 1.08 bits per heavy atom. The minimum Gasteiger partial charge on any atom is -0.296 e. The van der Waals surface area contributed by atoms with Crippen molar-refractivity contribution >= 4 is 33.3 Å². The number of fused-ring (bicyclic) bond motifs is 1. The second-order valence-corrected chi connectivity index (χ2v) is 6.47. The molecule has 0 aliphatic rings. The molecular formula is C19H14N4OS. The Morgan fingerprint density at radius 3 is 2.64 bits per heavy atom. The van der Waals surface area contributed by atoms with E-state index >= 15 is 0 Å². The van der Waals surface area contributed by atoms with Crippen LogP contribution in [0.4, 0.5) is 5.13 Å². The molecule has 122 valence electrons. The Labute approximate surface area is 148 Å². The monoisotopic (exact) mass is 346 g/mol. The second-order valence-electron chi connectivity index (χ2n) is 5.64. The van der Waals surface area contributed by atoms with Gasteiger partial charge in [-0.3, -0.25) is 10.1 Å². The van der Waals surface area contributed by atoms with Crippen LogP contribution in [0.1, 0.15) is 15.9 Å². The summed E-state index contributed by atoms with van der Waals surface area (Å²) in [7, 11) is 0. The van der Waals surface area contributed by atoms with Crippen molar-refractivity contribution in [2.75, 3.05) is 5.32 Å². The molecule has 2 aromatic heterocycles. The van der Waals surface area contributed by atoms with Gasteiger partial charge in [0.1, 0.15) is 5.51 Å². The predicted molar refractivity (Wildman–Crippen MR) is 99.8 cm³/mol. The Bertz CT molecular complexity index is 1040. The molecule has 0 fully saturated rings. The third-order valence-corrected chi connectivity index (χ3v) is 4.50. The fraction of sp³-hybridized carbons (Fsp3) is 0.0526. The van der Waals surface area contributed by atoms with Gasteiger partial charge in [0.25, 0.3) is 5.91 Å². The lowest BCUT2D eigenvalue weighted by atomic mass is 10.0. The van der Waals surface area contributed by atoms with Crippen molar-refractivity contribution in [3.05, 3.63) is 71.2 Å². The zero-order valence-electron chi connectivity index (χ0n) is 13.4. The van der Waals surface area contributed by atoms with Crippen molar-refractivity contribution in [3.8, 4) is 11.3 Å². The van der Waals surface area contributed by atoms with E-state index in [0.29, 0.717) is 10.7 Å². The standard InChI is InChI=1S/C19H14N4OS/c1-12-6-8-13(9-7-12)17-10-15(14-4-2-3-5-16(14)21-17)18(24)22-19-23-20-11-25-19/h2-11H,1H3,(H,22,23,24). The number of carbonyl (C=O) groups is 1. The fourth-order valence-corrected chi connectivity index (χ4v) is 3.07. The van der Waals surface area contributed by atoms with Crippen LogP contribution in [0.25, 0.3) is 22.2 Å². The van der Waals surface area contributed by atoms with Gasteiger partial charge in [-0.2, -0.15) is 0 Å². The van der Waals surface area contributed by atoms with Crippen molar-refractivity contribution in [2.45, 2.75) is 6.92 Å². The molecule has 0 spiro atoms. The van der Waals surface area contributed by atoms with Gasteiger partial charge in [0, 0.05) is 10.9 Å². The zero-order chi connectivity index (χ0) is 17.2. The molecule has 0 aliphatic carbocycles. The highest BCUT2D eigenvalue weighted by Crippen LogP contribution is 2.26. The highest BCUT2D eigenvalue weighted by atomic mass is 32.1. The van der Waals surface area contributed by atoms with Crippen molar-refractivity contribution in [1.29, 1.82) is 0 Å². The molecule has 6 heteroatoms. The maximum absolute atomic E-state index is 12.8. The number of aromatic nitrogens is 3. The third kappa shape index (κ3) is 3.12. The van der Waals surface area contributed by atoms with Crippen molar-refractivity contribution in [1.82, 2.24) is 15.2 Å². The van der Waals surface area contributed by atoms with Crippen LogP contribution >= 0.6 is 11.3 Å². The Hall–Kier alpha value is -3.12. The van der Waals surface area contributed by atoms with E-state index in [1.165, 1.54) is 16.9 Å². The molecule has 1 N–H and O–H groups in total. The molecule has 0 saturated heterocycles. The van der Waals surface area contributed by atoms with Crippen LogP contribution in [0.5, 0.6) is 0 Å². The molecule has 1 amide bonds. The number of para-hydroxylation sites is 1. The smallest absolute Gasteiger partial charge is 0.258 e. The first-order valence-electron chi connectivity index (χ1n) is 7.75. The first-order valence-corrected chi connectivity index (χ1v) is 8.63. The number of nitrogens with zero attached hydrogens (tertiary/aromatic N) is 3. The summed E-state index contributed by atoms with van der Waals surface area (Å²) in [5.74, 6) is -0.219. The number of amides is 1. The Balaban J connectivity index is 1.84. The van der Waals surface area contributed by atoms with Crippen molar-refractivity contribution < 1.29 is 4.79 Å². The van der Waals surface area contributed by atoms with Gasteiger partial charge in [0.2, 0.25) is 5.13 Å². The summed E-state index contributed by atoms with van der Waals surface area (Å²) in [4.78, 5) is 17.5. The second kappa shape index (κ2) is 6.41. The van der Waals surface area contributed by atoms with Gasteiger partial charge >= 0.3 is 0 Å². The van der Waals surface area contributed by atoms with Crippen molar-refractivity contribution in [3.63, 3.8) is 0 Å². The summed E-state index contributed by atoms with van der Waals surface area (Å²) >= 11 is 1.28. The average molecular weight is 346 g/mol. The lowest BCUT2D eigenvalue weighted by Gasteiger charge is -2.09. The highest BCUT2D eigenvalue weighted by Gasteiger charge is 2.15. The van der Waals surface area contributed by atoms with Gasteiger partial charge in [-0.25, -0.2) is 4.98 Å². The van der Waals surface area contributed by atoms with E-state index in [1.807, 2.05) is 61.5 Å². The van der Waals surface area contributed by atoms with E-state index < -0.39 is 0 Å². The number of pyridine rings is 1. The van der Waals surface area contributed by atoms with Crippen LogP contribution in [0.2, 0.25) is 0 Å². The fourth-order valence-electron chi connectivity index (χ4n) is 2.63. The first kappa shape index (κ1) is 15.4. The first-order chi connectivity index (χ1) is 12.2. The molecule has 0 radical (unpaired) electrons. The average Bonchev–Trinajstić information content (AvgIpc) is 3.14. The van der Waals surface area contributed by atoms with Gasteiger partial charge in [0.05, 0.1) is 16.8 Å². The summed E-state index contributed by atoms with van der Waals surface area (Å²) < 4.78 is 0.